The van der Waals surface area contributed by atoms with Gasteiger partial charge >= 0.3 is 0 Å². The summed E-state index contributed by atoms with van der Waals surface area (Å²) in [5.74, 6) is 1.15. The predicted octanol–water partition coefficient (Wildman–Crippen LogP) is 3.20. The lowest BCUT2D eigenvalue weighted by atomic mass is 10.2. The molecule has 0 atom stereocenters. The molecular formula is C22H23N3O4. The number of nitrogens with one attached hydrogen (secondary N) is 2. The third-order valence-electron chi connectivity index (χ3n) is 4.14. The number of hydrazine groups is 1. The fourth-order valence-corrected chi connectivity index (χ4v) is 2.58. The summed E-state index contributed by atoms with van der Waals surface area (Å²) in [6, 6.07) is 17.1. The maximum absolute atomic E-state index is 11.9. The lowest BCUT2D eigenvalue weighted by Crippen LogP contribution is -2.43. The number of carbonyl (C=O) groups is 2. The average molecular weight is 393 g/mol. The molecule has 7 nitrogen and oxygen atoms in total. The van der Waals surface area contributed by atoms with Gasteiger partial charge in [-0.15, -0.1) is 0 Å². The zero-order valence-corrected chi connectivity index (χ0v) is 16.2. The summed E-state index contributed by atoms with van der Waals surface area (Å²) >= 11 is 0. The van der Waals surface area contributed by atoms with E-state index in [4.69, 9.17) is 9.15 Å². The SMILES string of the molecule is Cc1ccc(OCC(=O)NNC(=O)CCCc2ncc(-c3ccccc3)o2)cc1. The summed E-state index contributed by atoms with van der Waals surface area (Å²) in [6.07, 6.45) is 3.00. The molecular weight excluding hydrogens is 370 g/mol. The van der Waals surface area contributed by atoms with E-state index in [1.807, 2.05) is 49.4 Å². The molecule has 0 aliphatic heterocycles. The van der Waals surface area contributed by atoms with Crippen LogP contribution in [0.1, 0.15) is 24.3 Å². The van der Waals surface area contributed by atoms with Crippen molar-refractivity contribution in [3.05, 3.63) is 72.2 Å². The number of aromatic nitrogens is 1. The van der Waals surface area contributed by atoms with Gasteiger partial charge in [0.1, 0.15) is 5.75 Å². The summed E-state index contributed by atoms with van der Waals surface area (Å²) < 4.78 is 11.1. The third kappa shape index (κ3) is 6.49. The zero-order valence-electron chi connectivity index (χ0n) is 16.2. The first-order valence-electron chi connectivity index (χ1n) is 9.37. The molecule has 0 saturated carbocycles. The smallest absolute Gasteiger partial charge is 0.276 e. The van der Waals surface area contributed by atoms with Crippen LogP contribution in [0.15, 0.2) is 65.2 Å². The number of oxazole rings is 1. The highest BCUT2D eigenvalue weighted by molar-refractivity contribution is 5.82. The first-order valence-corrected chi connectivity index (χ1v) is 9.37. The quantitative estimate of drug-likeness (QED) is 0.573. The summed E-state index contributed by atoms with van der Waals surface area (Å²) in [4.78, 5) is 27.8. The average Bonchev–Trinajstić information content (AvgIpc) is 3.21. The molecule has 0 radical (unpaired) electrons. The van der Waals surface area contributed by atoms with E-state index in [9.17, 15) is 9.59 Å². The highest BCUT2D eigenvalue weighted by Gasteiger charge is 2.09. The Bertz CT molecular complexity index is 936. The van der Waals surface area contributed by atoms with Gasteiger partial charge in [0.25, 0.3) is 5.91 Å². The maximum atomic E-state index is 11.9. The normalized spacial score (nSPS) is 10.4. The van der Waals surface area contributed by atoms with Crippen LogP contribution < -0.4 is 15.6 Å². The van der Waals surface area contributed by atoms with Gasteiger partial charge in [-0.05, 0) is 25.5 Å². The highest BCUT2D eigenvalue weighted by Crippen LogP contribution is 2.20. The second-order valence-corrected chi connectivity index (χ2v) is 6.54. The maximum Gasteiger partial charge on any atom is 0.276 e. The van der Waals surface area contributed by atoms with Gasteiger partial charge in [0.15, 0.2) is 18.3 Å². The molecule has 29 heavy (non-hydrogen) atoms. The molecule has 0 unspecified atom stereocenters. The van der Waals surface area contributed by atoms with Crippen molar-refractivity contribution in [1.82, 2.24) is 15.8 Å². The van der Waals surface area contributed by atoms with Crippen molar-refractivity contribution in [2.24, 2.45) is 0 Å². The first-order chi connectivity index (χ1) is 14.1. The Morgan fingerprint density at radius 1 is 1.00 bits per heavy atom. The van der Waals surface area contributed by atoms with E-state index in [0.717, 1.165) is 11.1 Å². The Morgan fingerprint density at radius 3 is 2.48 bits per heavy atom. The van der Waals surface area contributed by atoms with E-state index in [-0.39, 0.29) is 18.9 Å². The van der Waals surface area contributed by atoms with Crippen LogP contribution >= 0.6 is 0 Å². The number of benzene rings is 2. The van der Waals surface area contributed by atoms with Crippen molar-refractivity contribution >= 4 is 11.8 Å². The minimum absolute atomic E-state index is 0.179. The summed E-state index contributed by atoms with van der Waals surface area (Å²) in [5, 5.41) is 0. The molecule has 2 aromatic carbocycles. The van der Waals surface area contributed by atoms with Gasteiger partial charge in [-0.3, -0.25) is 20.4 Å². The molecule has 0 aliphatic carbocycles. The largest absolute Gasteiger partial charge is 0.484 e. The molecule has 150 valence electrons. The Morgan fingerprint density at radius 2 is 1.72 bits per heavy atom. The lowest BCUT2D eigenvalue weighted by Gasteiger charge is -2.08. The lowest BCUT2D eigenvalue weighted by molar-refractivity contribution is -0.130. The predicted molar refractivity (Wildman–Crippen MR) is 108 cm³/mol. The molecule has 1 heterocycles. The Labute approximate surface area is 169 Å². The van der Waals surface area contributed by atoms with Crippen molar-refractivity contribution < 1.29 is 18.7 Å². The van der Waals surface area contributed by atoms with E-state index in [1.165, 1.54) is 0 Å². The molecule has 3 rings (SSSR count). The molecule has 7 heteroatoms. The van der Waals surface area contributed by atoms with E-state index >= 15 is 0 Å². The fraction of sp³-hybridized carbons (Fsp3) is 0.227. The molecule has 1 aromatic heterocycles. The molecule has 0 saturated heterocycles. The fourth-order valence-electron chi connectivity index (χ4n) is 2.58. The van der Waals surface area contributed by atoms with E-state index < -0.39 is 5.91 Å². The van der Waals surface area contributed by atoms with Gasteiger partial charge < -0.3 is 9.15 Å². The van der Waals surface area contributed by atoms with Crippen molar-refractivity contribution in [3.63, 3.8) is 0 Å². The molecule has 0 bridgehead atoms. The van der Waals surface area contributed by atoms with Crippen LogP contribution in [0.4, 0.5) is 0 Å². The van der Waals surface area contributed by atoms with E-state index in [1.54, 1.807) is 18.3 Å². The van der Waals surface area contributed by atoms with Gasteiger partial charge in [0.05, 0.1) is 6.20 Å². The minimum Gasteiger partial charge on any atom is -0.484 e. The van der Waals surface area contributed by atoms with Gasteiger partial charge in [0.2, 0.25) is 5.91 Å². The number of aryl methyl sites for hydroxylation is 2. The number of nitrogens with zero attached hydrogens (tertiary/aromatic N) is 1. The van der Waals surface area contributed by atoms with Crippen LogP contribution in [-0.4, -0.2) is 23.4 Å². The third-order valence-corrected chi connectivity index (χ3v) is 4.14. The minimum atomic E-state index is -0.431. The molecule has 0 aliphatic rings. The van der Waals surface area contributed by atoms with Crippen LogP contribution in [0.3, 0.4) is 0 Å². The van der Waals surface area contributed by atoms with Crippen LogP contribution in [0.2, 0.25) is 0 Å². The monoisotopic (exact) mass is 393 g/mol. The van der Waals surface area contributed by atoms with Crippen LogP contribution in [0, 0.1) is 6.92 Å². The van der Waals surface area contributed by atoms with Crippen molar-refractivity contribution in [3.8, 4) is 17.1 Å². The number of amides is 2. The van der Waals surface area contributed by atoms with Gasteiger partial charge in [-0.25, -0.2) is 4.98 Å². The number of ether oxygens (including phenoxy) is 1. The highest BCUT2D eigenvalue weighted by atomic mass is 16.5. The first kappa shape index (κ1) is 20.1. The van der Waals surface area contributed by atoms with Gasteiger partial charge in [0, 0.05) is 18.4 Å². The molecule has 3 aromatic rings. The Hall–Kier alpha value is -3.61. The Kier molecular flexibility index (Phi) is 7.00. The van der Waals surface area contributed by atoms with Crippen molar-refractivity contribution in [2.45, 2.75) is 26.2 Å². The molecule has 0 spiro atoms. The number of hydrogen-bond acceptors (Lipinski definition) is 5. The summed E-state index contributed by atoms with van der Waals surface area (Å²) in [7, 11) is 0. The molecule has 2 N–H and O–H groups in total. The van der Waals surface area contributed by atoms with Crippen molar-refractivity contribution in [1.29, 1.82) is 0 Å². The topological polar surface area (TPSA) is 93.5 Å². The zero-order chi connectivity index (χ0) is 20.5. The van der Waals surface area contributed by atoms with Crippen LogP contribution in [0.5, 0.6) is 5.75 Å². The molecule has 2 amide bonds. The van der Waals surface area contributed by atoms with Gasteiger partial charge in [-0.2, -0.15) is 0 Å². The van der Waals surface area contributed by atoms with Crippen LogP contribution in [-0.2, 0) is 16.0 Å². The van der Waals surface area contributed by atoms with Crippen molar-refractivity contribution in [2.75, 3.05) is 6.61 Å². The number of carbonyl (C=O) groups excluding carboxylic acids is 2. The van der Waals surface area contributed by atoms with E-state index in [2.05, 4.69) is 15.8 Å². The molecule has 0 fully saturated rings. The second-order valence-electron chi connectivity index (χ2n) is 6.54. The van der Waals surface area contributed by atoms with Crippen LogP contribution in [0.25, 0.3) is 11.3 Å². The standard InChI is InChI=1S/C22H23N3O4/c1-16-10-12-18(13-11-16)28-15-21(27)25-24-20(26)8-5-9-22-23-14-19(29-22)17-6-3-2-4-7-17/h2-4,6-7,10-14H,5,8-9,15H2,1H3,(H,24,26)(H,25,27). The Balaban J connectivity index is 1.32. The summed E-state index contributed by atoms with van der Waals surface area (Å²) in [5.41, 5.74) is 6.78. The number of rotatable bonds is 8. The van der Waals surface area contributed by atoms with Gasteiger partial charge in [-0.1, -0.05) is 48.0 Å². The second kappa shape index (κ2) is 10.1. The number of hydrogen-bond donors (Lipinski definition) is 2. The van der Waals surface area contributed by atoms with E-state index in [0.29, 0.717) is 30.2 Å². The summed E-state index contributed by atoms with van der Waals surface area (Å²) in [6.45, 7) is 1.79.